The number of sulfonamides is 1. The molecule has 214 valence electrons. The topological polar surface area (TPSA) is 86.8 Å². The summed E-state index contributed by atoms with van der Waals surface area (Å²) in [6.07, 6.45) is 1.02. The molecule has 0 bridgehead atoms. The molecule has 7 nitrogen and oxygen atoms in total. The summed E-state index contributed by atoms with van der Waals surface area (Å²) in [4.78, 5) is 28.6. The molecule has 0 saturated heterocycles. The predicted octanol–water partition coefficient (Wildman–Crippen LogP) is 6.48. The van der Waals surface area contributed by atoms with Crippen LogP contribution in [0.1, 0.15) is 37.8 Å². The third kappa shape index (κ3) is 7.91. The number of halogens is 3. The summed E-state index contributed by atoms with van der Waals surface area (Å²) < 4.78 is 28.8. The number of carbonyl (C=O) groups is 2. The van der Waals surface area contributed by atoms with Gasteiger partial charge in [-0.3, -0.25) is 13.9 Å². The second-order valence-corrected chi connectivity index (χ2v) is 12.4. The van der Waals surface area contributed by atoms with Gasteiger partial charge in [0.2, 0.25) is 11.8 Å². The highest BCUT2D eigenvalue weighted by Crippen LogP contribution is 2.28. The van der Waals surface area contributed by atoms with Crippen LogP contribution >= 0.6 is 34.8 Å². The Bertz CT molecular complexity index is 1450. The molecule has 0 aliphatic heterocycles. The maximum absolute atomic E-state index is 14.0. The minimum atomic E-state index is -4.19. The third-order valence-electron chi connectivity index (χ3n) is 6.27. The van der Waals surface area contributed by atoms with E-state index < -0.39 is 28.5 Å². The van der Waals surface area contributed by atoms with Crippen LogP contribution < -0.4 is 9.62 Å². The largest absolute Gasteiger partial charge is 0.354 e. The van der Waals surface area contributed by atoms with Crippen LogP contribution in [0.3, 0.4) is 0 Å². The van der Waals surface area contributed by atoms with Gasteiger partial charge in [0.25, 0.3) is 10.0 Å². The van der Waals surface area contributed by atoms with Crippen LogP contribution in [0.25, 0.3) is 0 Å². The second kappa shape index (κ2) is 14.2. The zero-order valence-electron chi connectivity index (χ0n) is 22.5. The number of hydrogen-bond acceptors (Lipinski definition) is 4. The molecule has 0 heterocycles. The van der Waals surface area contributed by atoms with Crippen LogP contribution in [-0.2, 0) is 26.2 Å². The maximum Gasteiger partial charge on any atom is 0.264 e. The summed E-state index contributed by atoms with van der Waals surface area (Å²) in [6.45, 7) is 5.41. The zero-order valence-corrected chi connectivity index (χ0v) is 25.6. The van der Waals surface area contributed by atoms with E-state index in [9.17, 15) is 18.0 Å². The highest BCUT2D eigenvalue weighted by molar-refractivity contribution is 7.92. The van der Waals surface area contributed by atoms with Gasteiger partial charge in [0.05, 0.1) is 10.6 Å². The van der Waals surface area contributed by atoms with Crippen molar-refractivity contribution < 1.29 is 18.0 Å². The van der Waals surface area contributed by atoms with Crippen LogP contribution in [0.15, 0.2) is 71.6 Å². The number of nitrogens with one attached hydrogen (secondary N) is 1. The van der Waals surface area contributed by atoms with Gasteiger partial charge in [-0.15, -0.1) is 0 Å². The fourth-order valence-electron chi connectivity index (χ4n) is 4.12. The van der Waals surface area contributed by atoms with E-state index in [1.54, 1.807) is 55.5 Å². The van der Waals surface area contributed by atoms with Crippen LogP contribution in [-0.4, -0.2) is 44.3 Å². The summed E-state index contributed by atoms with van der Waals surface area (Å²) >= 11 is 18.7. The van der Waals surface area contributed by atoms with Crippen molar-refractivity contribution in [2.45, 2.75) is 51.1 Å². The van der Waals surface area contributed by atoms with Gasteiger partial charge in [0, 0.05) is 28.2 Å². The van der Waals surface area contributed by atoms with Crippen molar-refractivity contribution in [3.63, 3.8) is 0 Å². The van der Waals surface area contributed by atoms with Crippen molar-refractivity contribution in [2.24, 2.45) is 0 Å². The molecule has 3 aromatic carbocycles. The molecular weight excluding hydrogens is 593 g/mol. The summed E-state index contributed by atoms with van der Waals surface area (Å²) in [6, 6.07) is 16.6. The van der Waals surface area contributed by atoms with Crippen molar-refractivity contribution in [3.05, 3.63) is 92.9 Å². The lowest BCUT2D eigenvalue weighted by Gasteiger charge is -2.33. The fraction of sp³-hybridized carbons (Fsp3) is 0.310. The van der Waals surface area contributed by atoms with Crippen molar-refractivity contribution in [1.82, 2.24) is 10.2 Å². The molecule has 2 amide bonds. The minimum absolute atomic E-state index is 0.0194. The molecule has 0 saturated carbocycles. The number of rotatable bonds is 12. The predicted molar refractivity (Wildman–Crippen MR) is 162 cm³/mol. The smallest absolute Gasteiger partial charge is 0.264 e. The Labute approximate surface area is 251 Å². The zero-order chi connectivity index (χ0) is 29.4. The normalized spacial score (nSPS) is 12.1. The van der Waals surface area contributed by atoms with E-state index >= 15 is 0 Å². The van der Waals surface area contributed by atoms with Gasteiger partial charge in [0.15, 0.2) is 0 Å². The number of hydrogen-bond donors (Lipinski definition) is 1. The molecule has 0 radical (unpaired) electrons. The lowest BCUT2D eigenvalue weighted by molar-refractivity contribution is -0.140. The average Bonchev–Trinajstić information content (AvgIpc) is 2.91. The first-order valence-corrected chi connectivity index (χ1v) is 15.4. The van der Waals surface area contributed by atoms with Crippen LogP contribution in [0, 0.1) is 6.92 Å². The summed E-state index contributed by atoms with van der Waals surface area (Å²) in [5.74, 6) is -0.918. The molecule has 3 rings (SSSR count). The number of anilines is 1. The highest BCUT2D eigenvalue weighted by atomic mass is 35.5. The quantitative estimate of drug-likeness (QED) is 0.250. The first kappa shape index (κ1) is 31.7. The van der Waals surface area contributed by atoms with Crippen molar-refractivity contribution in [1.29, 1.82) is 0 Å². The van der Waals surface area contributed by atoms with E-state index in [0.29, 0.717) is 33.6 Å². The number of carbonyl (C=O) groups excluding carboxylic acids is 2. The molecule has 1 unspecified atom stereocenters. The molecule has 1 atom stereocenters. The van der Waals surface area contributed by atoms with E-state index in [1.807, 2.05) is 13.8 Å². The van der Waals surface area contributed by atoms with Crippen molar-refractivity contribution in [3.8, 4) is 0 Å². The second-order valence-electron chi connectivity index (χ2n) is 9.28. The molecule has 0 aromatic heterocycles. The monoisotopic (exact) mass is 623 g/mol. The fourth-order valence-corrected chi connectivity index (χ4v) is 6.18. The Kier molecular flexibility index (Phi) is 11.3. The Morgan fingerprint density at radius 3 is 2.20 bits per heavy atom. The van der Waals surface area contributed by atoms with E-state index in [1.165, 1.54) is 23.1 Å². The van der Waals surface area contributed by atoms with Crippen LogP contribution in [0.5, 0.6) is 0 Å². The van der Waals surface area contributed by atoms with E-state index in [2.05, 4.69) is 5.32 Å². The maximum atomic E-state index is 14.0. The van der Waals surface area contributed by atoms with E-state index in [4.69, 9.17) is 34.8 Å². The highest BCUT2D eigenvalue weighted by Gasteiger charge is 2.34. The van der Waals surface area contributed by atoms with E-state index in [0.717, 1.165) is 16.3 Å². The van der Waals surface area contributed by atoms with Gasteiger partial charge in [-0.25, -0.2) is 8.42 Å². The van der Waals surface area contributed by atoms with Crippen molar-refractivity contribution in [2.75, 3.05) is 17.4 Å². The average molecular weight is 625 g/mol. The number of nitrogens with zero attached hydrogens (tertiary/aromatic N) is 2. The number of amides is 2. The Balaban J connectivity index is 2.07. The molecular formula is C29H32Cl3N3O4S. The summed E-state index contributed by atoms with van der Waals surface area (Å²) in [5, 5.41) is 3.91. The van der Waals surface area contributed by atoms with Gasteiger partial charge in [-0.2, -0.15) is 0 Å². The lowest BCUT2D eigenvalue weighted by Crippen LogP contribution is -2.52. The molecule has 1 N–H and O–H groups in total. The summed E-state index contributed by atoms with van der Waals surface area (Å²) in [7, 11) is -4.19. The Hall–Kier alpha value is -2.78. The first-order valence-electron chi connectivity index (χ1n) is 12.8. The molecule has 0 fully saturated rings. The molecule has 0 aliphatic rings. The van der Waals surface area contributed by atoms with Gasteiger partial charge < -0.3 is 10.2 Å². The number of aryl methyl sites for hydroxylation is 1. The van der Waals surface area contributed by atoms with Crippen molar-refractivity contribution >= 4 is 62.3 Å². The first-order chi connectivity index (χ1) is 19.0. The molecule has 3 aromatic rings. The van der Waals surface area contributed by atoms with Gasteiger partial charge in [-0.1, -0.05) is 78.5 Å². The molecule has 0 aliphatic carbocycles. The molecule has 40 heavy (non-hydrogen) atoms. The van der Waals surface area contributed by atoms with Crippen LogP contribution in [0.2, 0.25) is 15.1 Å². The van der Waals surface area contributed by atoms with Gasteiger partial charge >= 0.3 is 0 Å². The Morgan fingerprint density at radius 2 is 1.60 bits per heavy atom. The van der Waals surface area contributed by atoms with E-state index in [-0.39, 0.29) is 23.0 Å². The minimum Gasteiger partial charge on any atom is -0.354 e. The third-order valence-corrected chi connectivity index (χ3v) is 8.89. The molecule has 11 heteroatoms. The van der Waals surface area contributed by atoms with Gasteiger partial charge in [0.1, 0.15) is 12.6 Å². The standard InChI is InChI=1S/C29H32Cl3N3O4S/c1-4-15-33-29(37)27(5-2)34(18-21-11-12-23(31)17-26(21)32)28(36)19-35(24-8-6-7-22(30)16-24)40(38,39)25-13-9-20(3)10-14-25/h6-14,16-17,27H,4-5,15,18-19H2,1-3H3,(H,33,37). The number of benzene rings is 3. The van der Waals surface area contributed by atoms with Crippen LogP contribution in [0.4, 0.5) is 5.69 Å². The SMILES string of the molecule is CCCNC(=O)C(CC)N(Cc1ccc(Cl)cc1Cl)C(=O)CN(c1cccc(Cl)c1)S(=O)(=O)c1ccc(C)cc1. The lowest BCUT2D eigenvalue weighted by atomic mass is 10.1. The van der Waals surface area contributed by atoms with Gasteiger partial charge in [-0.05, 0) is 67.8 Å². The Morgan fingerprint density at radius 1 is 0.925 bits per heavy atom. The summed E-state index contributed by atoms with van der Waals surface area (Å²) in [5.41, 5.74) is 1.67. The molecule has 0 spiro atoms.